The summed E-state index contributed by atoms with van der Waals surface area (Å²) in [6.45, 7) is 5.54. The van der Waals surface area contributed by atoms with Crippen molar-refractivity contribution in [3.05, 3.63) is 78.1 Å². The van der Waals surface area contributed by atoms with Gasteiger partial charge in [-0.25, -0.2) is 9.97 Å². The molecule has 4 rings (SSSR count). The van der Waals surface area contributed by atoms with Crippen LogP contribution in [0.25, 0.3) is 22.2 Å². The summed E-state index contributed by atoms with van der Waals surface area (Å²) in [4.78, 5) is 20.3. The maximum Gasteiger partial charge on any atom is 0.221 e. The van der Waals surface area contributed by atoms with Crippen LogP contribution in [-0.4, -0.2) is 15.9 Å². The lowest BCUT2D eigenvalue weighted by molar-refractivity contribution is -0.114. The topological polar surface area (TPSA) is 66.9 Å². The Bertz CT molecular complexity index is 1220. The molecule has 0 bridgehead atoms. The molecular weight excluding hydrogens is 360 g/mol. The number of hydrogen-bond acceptors (Lipinski definition) is 4. The maximum atomic E-state index is 11.4. The van der Waals surface area contributed by atoms with Gasteiger partial charge in [0.15, 0.2) is 5.65 Å². The molecule has 1 amide bonds. The number of amides is 1. The van der Waals surface area contributed by atoms with Gasteiger partial charge < -0.3 is 10.6 Å². The van der Waals surface area contributed by atoms with Crippen LogP contribution in [0, 0.1) is 13.8 Å². The number of aromatic nitrogens is 2. The van der Waals surface area contributed by atoms with Crippen molar-refractivity contribution in [1.29, 1.82) is 0 Å². The predicted octanol–water partition coefficient (Wildman–Crippen LogP) is 5.62. The van der Waals surface area contributed by atoms with Gasteiger partial charge >= 0.3 is 0 Å². The van der Waals surface area contributed by atoms with Gasteiger partial charge in [0.1, 0.15) is 0 Å². The van der Waals surface area contributed by atoms with Crippen LogP contribution in [0.1, 0.15) is 18.2 Å². The number of hydrogen-bond donors (Lipinski definition) is 2. The van der Waals surface area contributed by atoms with E-state index in [0.29, 0.717) is 0 Å². The highest BCUT2D eigenvalue weighted by Crippen LogP contribution is 2.34. The van der Waals surface area contributed by atoms with E-state index in [1.165, 1.54) is 6.92 Å². The number of aryl methyl sites for hydroxylation is 2. The number of carbonyl (C=O) groups is 1. The summed E-state index contributed by atoms with van der Waals surface area (Å²) >= 11 is 0. The smallest absolute Gasteiger partial charge is 0.221 e. The van der Waals surface area contributed by atoms with Gasteiger partial charge in [0.2, 0.25) is 5.91 Å². The molecule has 0 aliphatic rings. The highest BCUT2D eigenvalue weighted by Gasteiger charge is 2.10. The summed E-state index contributed by atoms with van der Waals surface area (Å²) in [6.07, 6.45) is 1.77. The average molecular weight is 382 g/mol. The van der Waals surface area contributed by atoms with Crippen molar-refractivity contribution in [3.63, 3.8) is 0 Å². The van der Waals surface area contributed by atoms with Gasteiger partial charge in [-0.15, -0.1) is 0 Å². The molecule has 29 heavy (non-hydrogen) atoms. The molecule has 0 aliphatic carbocycles. The Morgan fingerprint density at radius 3 is 2.62 bits per heavy atom. The average Bonchev–Trinajstić information content (AvgIpc) is 2.68. The molecule has 144 valence electrons. The van der Waals surface area contributed by atoms with E-state index in [1.54, 1.807) is 6.20 Å². The third-order valence-electron chi connectivity index (χ3n) is 4.68. The largest absolute Gasteiger partial charge is 0.354 e. The molecule has 2 aromatic carbocycles. The quantitative estimate of drug-likeness (QED) is 0.481. The normalized spacial score (nSPS) is 10.7. The van der Waals surface area contributed by atoms with Crippen LogP contribution in [-0.2, 0) is 4.79 Å². The Morgan fingerprint density at radius 1 is 0.931 bits per heavy atom. The second kappa shape index (κ2) is 7.72. The molecule has 0 saturated carbocycles. The van der Waals surface area contributed by atoms with Crippen LogP contribution in [0.15, 0.2) is 66.9 Å². The fourth-order valence-corrected chi connectivity index (χ4v) is 3.36. The van der Waals surface area contributed by atoms with Gasteiger partial charge in [0, 0.05) is 41.1 Å². The Kier molecular flexibility index (Phi) is 4.96. The van der Waals surface area contributed by atoms with Crippen LogP contribution < -0.4 is 10.6 Å². The molecule has 5 heteroatoms. The van der Waals surface area contributed by atoms with Crippen molar-refractivity contribution >= 4 is 34.0 Å². The molecule has 2 aromatic heterocycles. The first kappa shape index (κ1) is 18.6. The van der Waals surface area contributed by atoms with Crippen LogP contribution in [0.2, 0.25) is 0 Å². The first-order valence-corrected chi connectivity index (χ1v) is 9.48. The van der Waals surface area contributed by atoms with E-state index in [2.05, 4.69) is 45.7 Å². The number of pyridine rings is 2. The summed E-state index contributed by atoms with van der Waals surface area (Å²) in [5.74, 6) is -0.0875. The lowest BCUT2D eigenvalue weighted by Gasteiger charge is -2.15. The summed E-state index contributed by atoms with van der Waals surface area (Å²) < 4.78 is 0. The molecule has 0 saturated heterocycles. The summed E-state index contributed by atoms with van der Waals surface area (Å²) in [7, 11) is 0. The van der Waals surface area contributed by atoms with Crippen molar-refractivity contribution < 1.29 is 4.79 Å². The molecule has 0 atom stereocenters. The van der Waals surface area contributed by atoms with Gasteiger partial charge in [-0.05, 0) is 61.4 Å². The Labute approximate surface area is 169 Å². The monoisotopic (exact) mass is 382 g/mol. The number of benzene rings is 2. The molecule has 4 aromatic rings. The second-order valence-electron chi connectivity index (χ2n) is 7.12. The summed E-state index contributed by atoms with van der Waals surface area (Å²) in [5, 5.41) is 7.39. The van der Waals surface area contributed by atoms with Crippen molar-refractivity contribution in [2.45, 2.75) is 20.8 Å². The van der Waals surface area contributed by atoms with Gasteiger partial charge in [-0.3, -0.25) is 4.79 Å². The predicted molar refractivity (Wildman–Crippen MR) is 118 cm³/mol. The van der Waals surface area contributed by atoms with Crippen molar-refractivity contribution in [2.24, 2.45) is 0 Å². The second-order valence-corrected chi connectivity index (χ2v) is 7.12. The molecule has 0 unspecified atom stereocenters. The molecule has 2 N–H and O–H groups in total. The van der Waals surface area contributed by atoms with E-state index in [1.807, 2.05) is 49.4 Å². The van der Waals surface area contributed by atoms with Crippen LogP contribution in [0.4, 0.5) is 17.1 Å². The number of rotatable bonds is 4. The standard InChI is InChI=1S/C24H22N4O/c1-15-7-9-20(18-5-4-6-19(14-18)27-17(3)29)23(13-15)28-22-11-12-25-24-21(22)10-8-16(2)26-24/h4-14H,1-3H3,(H,27,29)(H,25,26,28). The fourth-order valence-electron chi connectivity index (χ4n) is 3.36. The lowest BCUT2D eigenvalue weighted by atomic mass is 10.0. The van der Waals surface area contributed by atoms with Crippen LogP contribution in [0.5, 0.6) is 0 Å². The van der Waals surface area contributed by atoms with Gasteiger partial charge in [0.05, 0.1) is 5.69 Å². The number of carbonyl (C=O) groups excluding carboxylic acids is 1. The van der Waals surface area contributed by atoms with Gasteiger partial charge in [0.25, 0.3) is 0 Å². The molecule has 5 nitrogen and oxygen atoms in total. The number of fused-ring (bicyclic) bond motifs is 1. The number of anilines is 3. The molecule has 0 spiro atoms. The zero-order chi connectivity index (χ0) is 20.4. The highest BCUT2D eigenvalue weighted by atomic mass is 16.1. The summed E-state index contributed by atoms with van der Waals surface area (Å²) in [5.41, 5.74) is 7.59. The first-order chi connectivity index (χ1) is 14.0. The fraction of sp³-hybridized carbons (Fsp3) is 0.125. The van der Waals surface area contributed by atoms with Gasteiger partial charge in [-0.1, -0.05) is 24.3 Å². The molecule has 2 heterocycles. The molecular formula is C24H22N4O. The van der Waals surface area contributed by atoms with Gasteiger partial charge in [-0.2, -0.15) is 0 Å². The van der Waals surface area contributed by atoms with E-state index in [4.69, 9.17) is 0 Å². The SMILES string of the molecule is CC(=O)Nc1cccc(-c2ccc(C)cc2Nc2ccnc3nc(C)ccc23)c1. The molecule has 0 radical (unpaired) electrons. The third-order valence-corrected chi connectivity index (χ3v) is 4.68. The Morgan fingerprint density at radius 2 is 1.79 bits per heavy atom. The zero-order valence-electron chi connectivity index (χ0n) is 16.7. The number of nitrogens with zero attached hydrogens (tertiary/aromatic N) is 2. The Balaban J connectivity index is 1.78. The zero-order valence-corrected chi connectivity index (χ0v) is 16.7. The minimum Gasteiger partial charge on any atom is -0.354 e. The maximum absolute atomic E-state index is 11.4. The van der Waals surface area contributed by atoms with E-state index in [-0.39, 0.29) is 5.91 Å². The minimum absolute atomic E-state index is 0.0875. The molecule has 0 fully saturated rings. The van der Waals surface area contributed by atoms with Crippen LogP contribution >= 0.6 is 0 Å². The van der Waals surface area contributed by atoms with Crippen molar-refractivity contribution in [2.75, 3.05) is 10.6 Å². The van der Waals surface area contributed by atoms with Crippen LogP contribution in [0.3, 0.4) is 0 Å². The Hall–Kier alpha value is -3.73. The highest BCUT2D eigenvalue weighted by molar-refractivity contribution is 5.94. The van der Waals surface area contributed by atoms with Crippen molar-refractivity contribution in [3.8, 4) is 11.1 Å². The lowest BCUT2D eigenvalue weighted by Crippen LogP contribution is -2.05. The molecule has 0 aliphatic heterocycles. The minimum atomic E-state index is -0.0875. The van der Waals surface area contributed by atoms with E-state index < -0.39 is 0 Å². The van der Waals surface area contributed by atoms with Crippen molar-refractivity contribution in [1.82, 2.24) is 9.97 Å². The van der Waals surface area contributed by atoms with E-state index in [0.717, 1.165) is 50.5 Å². The third kappa shape index (κ3) is 4.09. The van der Waals surface area contributed by atoms with E-state index in [9.17, 15) is 4.79 Å². The summed E-state index contributed by atoms with van der Waals surface area (Å²) in [6, 6.07) is 20.1. The number of nitrogens with one attached hydrogen (secondary N) is 2. The van der Waals surface area contributed by atoms with E-state index >= 15 is 0 Å². The first-order valence-electron chi connectivity index (χ1n) is 9.48.